The van der Waals surface area contributed by atoms with Gasteiger partial charge in [0.25, 0.3) is 0 Å². The van der Waals surface area contributed by atoms with Crippen LogP contribution in [0.15, 0.2) is 22.8 Å². The van der Waals surface area contributed by atoms with Crippen LogP contribution in [0, 0.1) is 0 Å². The molecule has 130 valence electrons. The van der Waals surface area contributed by atoms with E-state index in [1.165, 1.54) is 0 Å². The number of hydrogen-bond donors (Lipinski definition) is 0. The molecule has 5 nitrogen and oxygen atoms in total. The molecule has 0 N–H and O–H groups in total. The van der Waals surface area contributed by atoms with Gasteiger partial charge in [0.2, 0.25) is 0 Å². The number of nitrogens with zero attached hydrogens (tertiary/aromatic N) is 2. The highest BCUT2D eigenvalue weighted by molar-refractivity contribution is 9.10. The van der Waals surface area contributed by atoms with Crippen LogP contribution in [0.1, 0.15) is 44.0 Å². The predicted molar refractivity (Wildman–Crippen MR) is 98.1 cm³/mol. The summed E-state index contributed by atoms with van der Waals surface area (Å²) < 4.78 is 13.4. The molecular weight excluding hydrogens is 372 g/mol. The summed E-state index contributed by atoms with van der Waals surface area (Å²) in [6, 6.07) is 5.55. The van der Waals surface area contributed by atoms with Gasteiger partial charge in [-0.25, -0.2) is 0 Å². The number of aldehydes is 1. The molecule has 0 aliphatic heterocycles. The second-order valence-electron chi connectivity index (χ2n) is 5.83. The number of benzene rings is 1. The minimum atomic E-state index is -0.180. The number of aromatic nitrogens is 2. The van der Waals surface area contributed by atoms with Crippen molar-refractivity contribution in [2.24, 2.45) is 0 Å². The number of para-hydroxylation sites is 1. The molecule has 1 aromatic heterocycles. The lowest BCUT2D eigenvalue weighted by Crippen LogP contribution is -2.29. The summed E-state index contributed by atoms with van der Waals surface area (Å²) >= 11 is 3.56. The zero-order valence-electron chi connectivity index (χ0n) is 14.7. The van der Waals surface area contributed by atoms with Crippen molar-refractivity contribution in [3.05, 3.63) is 28.4 Å². The molecule has 1 heterocycles. The van der Waals surface area contributed by atoms with Gasteiger partial charge in [-0.05, 0) is 47.8 Å². The van der Waals surface area contributed by atoms with Gasteiger partial charge in [-0.3, -0.25) is 9.48 Å². The highest BCUT2D eigenvalue weighted by Crippen LogP contribution is 2.41. The third kappa shape index (κ3) is 2.95. The molecule has 0 aliphatic carbocycles. The lowest BCUT2D eigenvalue weighted by Gasteiger charge is -2.28. The predicted octanol–water partition coefficient (Wildman–Crippen LogP) is 4.68. The van der Waals surface area contributed by atoms with Crippen LogP contribution in [-0.4, -0.2) is 30.3 Å². The van der Waals surface area contributed by atoms with Crippen LogP contribution in [-0.2, 0) is 5.54 Å². The molecule has 0 radical (unpaired) electrons. The molecule has 0 aliphatic rings. The van der Waals surface area contributed by atoms with Crippen LogP contribution in [0.25, 0.3) is 11.3 Å². The Kier molecular flexibility index (Phi) is 5.70. The minimum Gasteiger partial charge on any atom is -0.493 e. The topological polar surface area (TPSA) is 53.4 Å². The van der Waals surface area contributed by atoms with Crippen LogP contribution in [0.5, 0.6) is 11.5 Å². The van der Waals surface area contributed by atoms with Crippen molar-refractivity contribution in [1.82, 2.24) is 9.78 Å². The summed E-state index contributed by atoms with van der Waals surface area (Å²) in [5.41, 5.74) is 1.64. The van der Waals surface area contributed by atoms with Gasteiger partial charge < -0.3 is 9.47 Å². The molecule has 0 amide bonds. The van der Waals surface area contributed by atoms with Crippen molar-refractivity contribution in [3.8, 4) is 22.8 Å². The van der Waals surface area contributed by atoms with E-state index < -0.39 is 0 Å². The molecule has 0 saturated carbocycles. The minimum absolute atomic E-state index is 0.180. The fourth-order valence-corrected chi connectivity index (χ4v) is 3.48. The van der Waals surface area contributed by atoms with E-state index in [1.807, 2.05) is 22.9 Å². The zero-order chi connectivity index (χ0) is 17.9. The van der Waals surface area contributed by atoms with Gasteiger partial charge in [0.05, 0.1) is 25.3 Å². The van der Waals surface area contributed by atoms with E-state index in [0.717, 1.165) is 24.7 Å². The Labute approximate surface area is 151 Å². The number of halogens is 1. The van der Waals surface area contributed by atoms with E-state index in [0.29, 0.717) is 27.4 Å². The molecule has 2 rings (SSSR count). The number of carbonyl (C=O) groups excluding carboxylic acids is 1. The Bertz CT molecular complexity index is 736. The SMILES string of the molecule is CCC(C)(CC)n1nc(-c2cccc(OC)c2OC)c(C=O)c1Br. The van der Waals surface area contributed by atoms with Crippen LogP contribution in [0.2, 0.25) is 0 Å². The maximum Gasteiger partial charge on any atom is 0.170 e. The van der Waals surface area contributed by atoms with Gasteiger partial charge in [0.1, 0.15) is 10.3 Å². The summed E-state index contributed by atoms with van der Waals surface area (Å²) in [6.07, 6.45) is 2.63. The zero-order valence-corrected chi connectivity index (χ0v) is 16.3. The fourth-order valence-electron chi connectivity index (χ4n) is 2.69. The fraction of sp³-hybridized carbons (Fsp3) is 0.444. The maximum absolute atomic E-state index is 11.7. The normalized spacial score (nSPS) is 11.4. The quantitative estimate of drug-likeness (QED) is 0.639. The number of hydrogen-bond acceptors (Lipinski definition) is 4. The van der Waals surface area contributed by atoms with Crippen LogP contribution < -0.4 is 9.47 Å². The monoisotopic (exact) mass is 394 g/mol. The third-order valence-corrected chi connectivity index (χ3v) is 5.44. The maximum atomic E-state index is 11.7. The third-order valence-electron chi connectivity index (χ3n) is 4.67. The number of methoxy groups -OCH3 is 2. The first kappa shape index (κ1) is 18.5. The first-order valence-corrected chi connectivity index (χ1v) is 8.72. The van der Waals surface area contributed by atoms with Crippen molar-refractivity contribution >= 4 is 22.2 Å². The Morgan fingerprint density at radius 3 is 2.42 bits per heavy atom. The lowest BCUT2D eigenvalue weighted by molar-refractivity contribution is 0.112. The number of carbonyl (C=O) groups is 1. The smallest absolute Gasteiger partial charge is 0.170 e. The number of rotatable bonds is 7. The summed E-state index contributed by atoms with van der Waals surface area (Å²) in [7, 11) is 3.16. The molecule has 0 saturated heterocycles. The molecule has 1 aromatic carbocycles. The van der Waals surface area contributed by atoms with Gasteiger partial charge in [-0.2, -0.15) is 5.10 Å². The standard InChI is InChI=1S/C18H23BrN2O3/c1-6-18(3,7-2)21-17(19)13(11-22)15(20-21)12-9-8-10-14(23-4)16(12)24-5/h8-11H,6-7H2,1-5H3. The molecule has 0 atom stereocenters. The summed E-state index contributed by atoms with van der Waals surface area (Å²) in [5.74, 6) is 1.17. The van der Waals surface area contributed by atoms with Crippen molar-refractivity contribution in [1.29, 1.82) is 0 Å². The molecule has 6 heteroatoms. The van der Waals surface area contributed by atoms with Crippen molar-refractivity contribution < 1.29 is 14.3 Å². The van der Waals surface area contributed by atoms with Gasteiger partial charge in [0.15, 0.2) is 17.8 Å². The Morgan fingerprint density at radius 2 is 1.92 bits per heavy atom. The molecule has 24 heavy (non-hydrogen) atoms. The van der Waals surface area contributed by atoms with E-state index in [-0.39, 0.29) is 5.54 Å². The van der Waals surface area contributed by atoms with Gasteiger partial charge >= 0.3 is 0 Å². The van der Waals surface area contributed by atoms with Crippen LogP contribution >= 0.6 is 15.9 Å². The molecular formula is C18H23BrN2O3. The van der Waals surface area contributed by atoms with Crippen molar-refractivity contribution in [2.45, 2.75) is 39.2 Å². The summed E-state index contributed by atoms with van der Waals surface area (Å²) in [6.45, 7) is 6.36. The van der Waals surface area contributed by atoms with Crippen LogP contribution in [0.3, 0.4) is 0 Å². The van der Waals surface area contributed by atoms with E-state index in [9.17, 15) is 4.79 Å². The van der Waals surface area contributed by atoms with Gasteiger partial charge in [0, 0.05) is 5.56 Å². The number of ether oxygens (including phenoxy) is 2. The molecule has 0 unspecified atom stereocenters. The van der Waals surface area contributed by atoms with Crippen molar-refractivity contribution in [3.63, 3.8) is 0 Å². The van der Waals surface area contributed by atoms with E-state index in [2.05, 4.69) is 36.7 Å². The average molecular weight is 395 g/mol. The van der Waals surface area contributed by atoms with Gasteiger partial charge in [-0.15, -0.1) is 0 Å². The molecule has 2 aromatic rings. The lowest BCUT2D eigenvalue weighted by atomic mass is 9.96. The first-order chi connectivity index (χ1) is 11.5. The summed E-state index contributed by atoms with van der Waals surface area (Å²) in [4.78, 5) is 11.7. The average Bonchev–Trinajstić information content (AvgIpc) is 2.96. The summed E-state index contributed by atoms with van der Waals surface area (Å²) in [5, 5.41) is 4.75. The highest BCUT2D eigenvalue weighted by Gasteiger charge is 2.30. The van der Waals surface area contributed by atoms with Crippen LogP contribution in [0.4, 0.5) is 0 Å². The Morgan fingerprint density at radius 1 is 1.25 bits per heavy atom. The molecule has 0 spiro atoms. The van der Waals surface area contributed by atoms with E-state index >= 15 is 0 Å². The Balaban J connectivity index is 2.75. The Hall–Kier alpha value is -1.82. The van der Waals surface area contributed by atoms with E-state index in [1.54, 1.807) is 14.2 Å². The van der Waals surface area contributed by atoms with E-state index in [4.69, 9.17) is 14.6 Å². The van der Waals surface area contributed by atoms with Crippen molar-refractivity contribution in [2.75, 3.05) is 14.2 Å². The molecule has 0 fully saturated rings. The van der Waals surface area contributed by atoms with Gasteiger partial charge in [-0.1, -0.05) is 19.9 Å². The second-order valence-corrected chi connectivity index (χ2v) is 6.58. The largest absolute Gasteiger partial charge is 0.493 e. The molecule has 0 bridgehead atoms. The first-order valence-electron chi connectivity index (χ1n) is 7.92. The highest BCUT2D eigenvalue weighted by atomic mass is 79.9. The second kappa shape index (κ2) is 7.38.